The average molecular weight is 382 g/mol. The van der Waals surface area contributed by atoms with Crippen LogP contribution in [0.3, 0.4) is 0 Å². The summed E-state index contributed by atoms with van der Waals surface area (Å²) in [4.78, 5) is 32.3. The van der Waals surface area contributed by atoms with Crippen LogP contribution in [0.1, 0.15) is 37.6 Å². The van der Waals surface area contributed by atoms with Crippen LogP contribution in [-0.2, 0) is 23.2 Å². The van der Waals surface area contributed by atoms with Crippen molar-refractivity contribution < 1.29 is 9.90 Å². The number of thiophene rings is 1. The Morgan fingerprint density at radius 1 is 1.30 bits per heavy atom. The predicted octanol–water partition coefficient (Wildman–Crippen LogP) is 4.07. The Morgan fingerprint density at radius 3 is 2.67 bits per heavy atom. The lowest BCUT2D eigenvalue weighted by atomic mass is 9.89. The number of aryl methyl sites for hydroxylation is 1. The zero-order chi connectivity index (χ0) is 19.3. The molecule has 0 aliphatic heterocycles. The number of nitrogens with zero attached hydrogens (tertiary/aromatic N) is 2. The molecule has 0 saturated carbocycles. The van der Waals surface area contributed by atoms with Gasteiger partial charge in [-0.25, -0.2) is 9.78 Å². The molecule has 1 aliphatic rings. The Balaban J connectivity index is 2.10. The van der Waals surface area contributed by atoms with Gasteiger partial charge < -0.3 is 5.11 Å². The van der Waals surface area contributed by atoms with E-state index in [1.54, 1.807) is 25.2 Å². The molecular formula is C21H22N2O3S. The molecule has 5 nitrogen and oxygen atoms in total. The molecule has 2 heterocycles. The van der Waals surface area contributed by atoms with E-state index in [0.717, 1.165) is 35.2 Å². The summed E-state index contributed by atoms with van der Waals surface area (Å²) in [7, 11) is 0. The van der Waals surface area contributed by atoms with Gasteiger partial charge in [0.25, 0.3) is 5.56 Å². The Labute approximate surface area is 161 Å². The number of aliphatic carboxylic acids is 1. The molecule has 2 aromatic heterocycles. The maximum atomic E-state index is 13.6. The standard InChI is InChI=1S/C21H22N2O3S/c1-12-9-10-14-15(11-12)27-18-16(14)19(24)23(21(2,3)20(25)26)17(22-18)13-7-5-4-6-8-13/h4-8,12H,9-11H2,1-3H3,(H,25,26). The molecule has 0 fully saturated rings. The third-order valence-corrected chi connectivity index (χ3v) is 6.59. The first-order valence-electron chi connectivity index (χ1n) is 9.17. The van der Waals surface area contributed by atoms with Crippen molar-refractivity contribution in [1.82, 2.24) is 9.55 Å². The monoisotopic (exact) mass is 382 g/mol. The van der Waals surface area contributed by atoms with E-state index in [1.807, 2.05) is 30.3 Å². The highest BCUT2D eigenvalue weighted by Gasteiger charge is 2.35. The van der Waals surface area contributed by atoms with Gasteiger partial charge in [0.15, 0.2) is 0 Å². The molecule has 1 N–H and O–H groups in total. The number of rotatable bonds is 3. The van der Waals surface area contributed by atoms with Gasteiger partial charge in [-0.05, 0) is 44.6 Å². The molecule has 27 heavy (non-hydrogen) atoms. The SMILES string of the molecule is CC1CCc2c(sc3nc(-c4ccccc4)n(C(C)(C)C(=O)O)c(=O)c23)C1. The van der Waals surface area contributed by atoms with E-state index in [1.165, 1.54) is 9.44 Å². The summed E-state index contributed by atoms with van der Waals surface area (Å²) in [6.45, 7) is 5.33. The molecule has 0 amide bonds. The van der Waals surface area contributed by atoms with Crippen molar-refractivity contribution in [1.29, 1.82) is 0 Å². The van der Waals surface area contributed by atoms with Gasteiger partial charge in [-0.1, -0.05) is 37.3 Å². The first-order valence-corrected chi connectivity index (χ1v) is 9.99. The number of hydrogen-bond donors (Lipinski definition) is 1. The minimum absolute atomic E-state index is 0.252. The van der Waals surface area contributed by atoms with Gasteiger partial charge in [-0.3, -0.25) is 9.36 Å². The van der Waals surface area contributed by atoms with Crippen LogP contribution in [0, 0.1) is 5.92 Å². The average Bonchev–Trinajstić information content (AvgIpc) is 2.99. The summed E-state index contributed by atoms with van der Waals surface area (Å²) in [5, 5.41) is 10.4. The van der Waals surface area contributed by atoms with Gasteiger partial charge in [0, 0.05) is 10.4 Å². The number of carboxylic acid groups (broad SMARTS) is 1. The molecule has 140 valence electrons. The Kier molecular flexibility index (Phi) is 4.18. The minimum atomic E-state index is -1.40. The largest absolute Gasteiger partial charge is 0.480 e. The second kappa shape index (κ2) is 6.30. The van der Waals surface area contributed by atoms with Crippen LogP contribution in [0.5, 0.6) is 0 Å². The van der Waals surface area contributed by atoms with E-state index < -0.39 is 11.5 Å². The van der Waals surface area contributed by atoms with Gasteiger partial charge in [-0.2, -0.15) is 0 Å². The van der Waals surface area contributed by atoms with Gasteiger partial charge in [0.1, 0.15) is 16.2 Å². The van der Waals surface area contributed by atoms with Crippen LogP contribution in [0.2, 0.25) is 0 Å². The number of fused-ring (bicyclic) bond motifs is 3. The van der Waals surface area contributed by atoms with E-state index in [4.69, 9.17) is 4.98 Å². The quantitative estimate of drug-likeness (QED) is 0.741. The Bertz CT molecular complexity index is 1100. The lowest BCUT2D eigenvalue weighted by Gasteiger charge is -2.26. The molecule has 1 aliphatic carbocycles. The Morgan fingerprint density at radius 2 is 2.00 bits per heavy atom. The molecule has 0 radical (unpaired) electrons. The van der Waals surface area contributed by atoms with Crippen LogP contribution >= 0.6 is 11.3 Å². The van der Waals surface area contributed by atoms with Gasteiger partial charge in [-0.15, -0.1) is 11.3 Å². The fourth-order valence-electron chi connectivity index (χ4n) is 3.78. The summed E-state index contributed by atoms with van der Waals surface area (Å²) in [6, 6.07) is 9.34. The number of aromatic nitrogens is 2. The van der Waals surface area contributed by atoms with E-state index in [-0.39, 0.29) is 5.56 Å². The molecule has 0 spiro atoms. The topological polar surface area (TPSA) is 72.2 Å². The van der Waals surface area contributed by atoms with Gasteiger partial charge >= 0.3 is 5.97 Å². The predicted molar refractivity (Wildman–Crippen MR) is 107 cm³/mol. The van der Waals surface area contributed by atoms with Crippen molar-refractivity contribution >= 4 is 27.5 Å². The van der Waals surface area contributed by atoms with Crippen molar-refractivity contribution in [2.24, 2.45) is 5.92 Å². The molecule has 1 atom stereocenters. The fourth-order valence-corrected chi connectivity index (χ4v) is 5.16. The molecule has 1 aromatic carbocycles. The van der Waals surface area contributed by atoms with Crippen molar-refractivity contribution in [3.05, 3.63) is 51.1 Å². The number of carbonyl (C=O) groups is 1. The van der Waals surface area contributed by atoms with Crippen LogP contribution in [0.4, 0.5) is 0 Å². The van der Waals surface area contributed by atoms with E-state index in [2.05, 4.69) is 6.92 Å². The van der Waals surface area contributed by atoms with Crippen molar-refractivity contribution in [3.8, 4) is 11.4 Å². The lowest BCUT2D eigenvalue weighted by molar-refractivity contribution is -0.145. The van der Waals surface area contributed by atoms with Crippen molar-refractivity contribution in [2.75, 3.05) is 0 Å². The van der Waals surface area contributed by atoms with E-state index >= 15 is 0 Å². The zero-order valence-electron chi connectivity index (χ0n) is 15.7. The molecule has 4 rings (SSSR count). The van der Waals surface area contributed by atoms with Crippen molar-refractivity contribution in [2.45, 2.75) is 45.6 Å². The van der Waals surface area contributed by atoms with Gasteiger partial charge in [0.2, 0.25) is 0 Å². The highest BCUT2D eigenvalue weighted by atomic mass is 32.1. The highest BCUT2D eigenvalue weighted by Crippen LogP contribution is 2.37. The lowest BCUT2D eigenvalue weighted by Crippen LogP contribution is -2.44. The van der Waals surface area contributed by atoms with E-state index in [9.17, 15) is 14.7 Å². The van der Waals surface area contributed by atoms with Crippen LogP contribution in [0.25, 0.3) is 21.6 Å². The van der Waals surface area contributed by atoms with E-state index in [0.29, 0.717) is 17.1 Å². The Hall–Kier alpha value is -2.47. The second-order valence-corrected chi connectivity index (χ2v) is 8.92. The van der Waals surface area contributed by atoms with Crippen molar-refractivity contribution in [3.63, 3.8) is 0 Å². The first kappa shape index (κ1) is 17.9. The molecule has 1 unspecified atom stereocenters. The normalized spacial score (nSPS) is 17.1. The number of benzene rings is 1. The number of hydrogen-bond acceptors (Lipinski definition) is 4. The number of carboxylic acids is 1. The summed E-state index contributed by atoms with van der Waals surface area (Å²) in [6.07, 6.45) is 2.85. The molecule has 3 aromatic rings. The van der Waals surface area contributed by atoms with Crippen LogP contribution in [-0.4, -0.2) is 20.6 Å². The maximum absolute atomic E-state index is 13.6. The molecule has 0 bridgehead atoms. The molecule has 6 heteroatoms. The fraction of sp³-hybridized carbons (Fsp3) is 0.381. The maximum Gasteiger partial charge on any atom is 0.329 e. The van der Waals surface area contributed by atoms with Gasteiger partial charge in [0.05, 0.1) is 5.39 Å². The second-order valence-electron chi connectivity index (χ2n) is 7.84. The third-order valence-electron chi connectivity index (χ3n) is 5.44. The minimum Gasteiger partial charge on any atom is -0.480 e. The van der Waals surface area contributed by atoms with Crippen LogP contribution < -0.4 is 5.56 Å². The zero-order valence-corrected chi connectivity index (χ0v) is 16.5. The summed E-state index contributed by atoms with van der Waals surface area (Å²) >= 11 is 1.58. The third kappa shape index (κ3) is 2.79. The summed E-state index contributed by atoms with van der Waals surface area (Å²) < 4.78 is 1.36. The smallest absolute Gasteiger partial charge is 0.329 e. The first-order chi connectivity index (χ1) is 12.8. The molecule has 0 saturated heterocycles. The van der Waals surface area contributed by atoms with Crippen LogP contribution in [0.15, 0.2) is 35.1 Å². The summed E-state index contributed by atoms with van der Waals surface area (Å²) in [5.41, 5.74) is 0.157. The molecular weight excluding hydrogens is 360 g/mol. The highest BCUT2D eigenvalue weighted by molar-refractivity contribution is 7.18. The summed E-state index contributed by atoms with van der Waals surface area (Å²) in [5.74, 6) is -0.0513.